The standard InChI is InChI=1S/C8H8O6S/c9-6-5-3-1-2-4-8(5,7(10)14-6)15(11,12)13/h2,4-5H,1,3H2,(H,11,12,13). The molecule has 1 heterocycles. The van der Waals surface area contributed by atoms with Crippen molar-refractivity contribution in [2.75, 3.05) is 0 Å². The summed E-state index contributed by atoms with van der Waals surface area (Å²) in [6.45, 7) is 0. The Morgan fingerprint density at radius 2 is 2.13 bits per heavy atom. The smallest absolute Gasteiger partial charge is 0.342 e. The second-order valence-corrected chi connectivity index (χ2v) is 5.13. The van der Waals surface area contributed by atoms with Gasteiger partial charge in [0.1, 0.15) is 0 Å². The highest BCUT2D eigenvalue weighted by Crippen LogP contribution is 2.41. The first kappa shape index (κ1) is 10.3. The monoisotopic (exact) mass is 232 g/mol. The van der Waals surface area contributed by atoms with E-state index in [0.29, 0.717) is 6.42 Å². The van der Waals surface area contributed by atoms with Gasteiger partial charge in [0.2, 0.25) is 4.75 Å². The number of carbonyl (C=O) groups excluding carboxylic acids is 2. The Labute approximate surface area is 85.7 Å². The maximum Gasteiger partial charge on any atom is 0.342 e. The second-order valence-electron chi connectivity index (χ2n) is 3.51. The summed E-state index contributed by atoms with van der Waals surface area (Å²) in [5.41, 5.74) is 0. The van der Waals surface area contributed by atoms with Crippen molar-refractivity contribution in [2.45, 2.75) is 17.6 Å². The number of allylic oxidation sites excluding steroid dienone is 1. The van der Waals surface area contributed by atoms with Crippen molar-refractivity contribution in [1.29, 1.82) is 0 Å². The predicted octanol–water partition coefficient (Wildman–Crippen LogP) is -0.337. The molecule has 1 aliphatic carbocycles. The highest BCUT2D eigenvalue weighted by Gasteiger charge is 2.65. The summed E-state index contributed by atoms with van der Waals surface area (Å²) >= 11 is 0. The first-order chi connectivity index (χ1) is 6.89. The van der Waals surface area contributed by atoms with Crippen LogP contribution in [-0.2, 0) is 24.4 Å². The molecule has 1 saturated heterocycles. The van der Waals surface area contributed by atoms with Gasteiger partial charge in [0.15, 0.2) is 0 Å². The quantitative estimate of drug-likeness (QED) is 0.287. The third kappa shape index (κ3) is 1.16. The normalized spacial score (nSPS) is 35.1. The van der Waals surface area contributed by atoms with Crippen molar-refractivity contribution in [2.24, 2.45) is 5.92 Å². The molecule has 0 amide bonds. The first-order valence-corrected chi connectivity index (χ1v) is 5.74. The lowest BCUT2D eigenvalue weighted by Crippen LogP contribution is -2.48. The number of carbonyl (C=O) groups is 2. The molecular weight excluding hydrogens is 224 g/mol. The first-order valence-electron chi connectivity index (χ1n) is 4.30. The molecule has 2 atom stereocenters. The highest BCUT2D eigenvalue weighted by molar-refractivity contribution is 7.88. The molecular formula is C8H8O6S. The Morgan fingerprint density at radius 3 is 2.67 bits per heavy atom. The molecule has 2 unspecified atom stereocenters. The van der Waals surface area contributed by atoms with Gasteiger partial charge in [-0.15, -0.1) is 0 Å². The van der Waals surface area contributed by atoms with Gasteiger partial charge in [-0.2, -0.15) is 8.42 Å². The summed E-state index contributed by atoms with van der Waals surface area (Å²) < 4.78 is 33.5. The Hall–Kier alpha value is -1.21. The van der Waals surface area contributed by atoms with Crippen LogP contribution in [0.4, 0.5) is 0 Å². The van der Waals surface area contributed by atoms with Gasteiger partial charge in [0.05, 0.1) is 5.92 Å². The molecule has 0 aromatic heterocycles. The SMILES string of the molecule is O=C1OC(=O)C2(S(=O)(=O)O)C=CCCC12. The average molecular weight is 232 g/mol. The zero-order valence-electron chi connectivity index (χ0n) is 7.54. The average Bonchev–Trinajstić information content (AvgIpc) is 2.40. The Kier molecular flexibility index (Phi) is 1.99. The van der Waals surface area contributed by atoms with Gasteiger partial charge in [0, 0.05) is 0 Å². The molecule has 1 N–H and O–H groups in total. The Bertz CT molecular complexity index is 462. The van der Waals surface area contributed by atoms with E-state index in [1.54, 1.807) is 0 Å². The summed E-state index contributed by atoms with van der Waals surface area (Å²) in [5, 5.41) is 0. The number of cyclic esters (lactones) is 2. The summed E-state index contributed by atoms with van der Waals surface area (Å²) in [4.78, 5) is 22.6. The summed E-state index contributed by atoms with van der Waals surface area (Å²) in [7, 11) is -4.69. The van der Waals surface area contributed by atoms with E-state index in [0.717, 1.165) is 6.08 Å². The van der Waals surface area contributed by atoms with Gasteiger partial charge in [0.25, 0.3) is 10.1 Å². The number of hydrogen-bond acceptors (Lipinski definition) is 5. The van der Waals surface area contributed by atoms with E-state index in [9.17, 15) is 18.0 Å². The molecule has 0 aromatic rings. The number of fused-ring (bicyclic) bond motifs is 1. The minimum Gasteiger partial charge on any atom is -0.391 e. The molecule has 0 radical (unpaired) electrons. The van der Waals surface area contributed by atoms with Crippen LogP contribution in [0.2, 0.25) is 0 Å². The molecule has 1 aliphatic heterocycles. The Balaban J connectivity index is 2.67. The van der Waals surface area contributed by atoms with E-state index in [1.165, 1.54) is 6.08 Å². The van der Waals surface area contributed by atoms with Gasteiger partial charge >= 0.3 is 11.9 Å². The molecule has 2 rings (SSSR count). The maximum atomic E-state index is 11.4. The molecule has 6 nitrogen and oxygen atoms in total. The molecule has 0 aromatic carbocycles. The third-order valence-electron chi connectivity index (χ3n) is 2.73. The van der Waals surface area contributed by atoms with Gasteiger partial charge in [-0.05, 0) is 12.8 Å². The van der Waals surface area contributed by atoms with Crippen molar-refractivity contribution in [3.63, 3.8) is 0 Å². The molecule has 0 spiro atoms. The fourth-order valence-electron chi connectivity index (χ4n) is 1.97. The predicted molar refractivity (Wildman–Crippen MR) is 47.2 cm³/mol. The summed E-state index contributed by atoms with van der Waals surface area (Å²) in [6.07, 6.45) is 3.15. The molecule has 7 heteroatoms. The van der Waals surface area contributed by atoms with E-state index in [2.05, 4.69) is 4.74 Å². The van der Waals surface area contributed by atoms with Crippen molar-refractivity contribution in [3.05, 3.63) is 12.2 Å². The number of hydrogen-bond donors (Lipinski definition) is 1. The minimum atomic E-state index is -4.69. The van der Waals surface area contributed by atoms with Crippen LogP contribution in [0, 0.1) is 5.92 Å². The molecule has 1 fully saturated rings. The summed E-state index contributed by atoms with van der Waals surface area (Å²) in [6, 6.07) is 0. The zero-order chi connectivity index (χ0) is 11.3. The van der Waals surface area contributed by atoms with Gasteiger partial charge in [-0.25, -0.2) is 4.79 Å². The zero-order valence-corrected chi connectivity index (χ0v) is 8.36. The van der Waals surface area contributed by atoms with Crippen molar-refractivity contribution >= 4 is 22.1 Å². The molecule has 82 valence electrons. The van der Waals surface area contributed by atoms with Crippen molar-refractivity contribution in [3.8, 4) is 0 Å². The van der Waals surface area contributed by atoms with E-state index in [4.69, 9.17) is 4.55 Å². The molecule has 0 saturated carbocycles. The highest BCUT2D eigenvalue weighted by atomic mass is 32.2. The third-order valence-corrected chi connectivity index (χ3v) is 4.17. The van der Waals surface area contributed by atoms with Crippen LogP contribution in [0.5, 0.6) is 0 Å². The fraction of sp³-hybridized carbons (Fsp3) is 0.500. The van der Waals surface area contributed by atoms with Crippen molar-refractivity contribution in [1.82, 2.24) is 0 Å². The number of esters is 2. The maximum absolute atomic E-state index is 11.4. The van der Waals surface area contributed by atoms with Gasteiger partial charge in [-0.3, -0.25) is 9.35 Å². The number of rotatable bonds is 1. The van der Waals surface area contributed by atoms with Crippen LogP contribution in [0.25, 0.3) is 0 Å². The van der Waals surface area contributed by atoms with E-state index >= 15 is 0 Å². The van der Waals surface area contributed by atoms with E-state index < -0.39 is 32.7 Å². The van der Waals surface area contributed by atoms with Crippen LogP contribution in [-0.4, -0.2) is 29.7 Å². The van der Waals surface area contributed by atoms with Crippen LogP contribution in [0.15, 0.2) is 12.2 Å². The lowest BCUT2D eigenvalue weighted by atomic mass is 9.85. The minimum absolute atomic E-state index is 0.181. The van der Waals surface area contributed by atoms with E-state index in [-0.39, 0.29) is 6.42 Å². The lowest BCUT2D eigenvalue weighted by Gasteiger charge is -2.25. The molecule has 15 heavy (non-hydrogen) atoms. The van der Waals surface area contributed by atoms with Crippen LogP contribution >= 0.6 is 0 Å². The largest absolute Gasteiger partial charge is 0.391 e. The van der Waals surface area contributed by atoms with Gasteiger partial charge in [-0.1, -0.05) is 12.2 Å². The Morgan fingerprint density at radius 1 is 1.47 bits per heavy atom. The fourth-order valence-corrected chi connectivity index (χ4v) is 3.06. The summed E-state index contributed by atoms with van der Waals surface area (Å²) in [5.74, 6) is -3.22. The second kappa shape index (κ2) is 2.89. The van der Waals surface area contributed by atoms with Crippen molar-refractivity contribution < 1.29 is 27.3 Å². The van der Waals surface area contributed by atoms with Gasteiger partial charge < -0.3 is 4.74 Å². The van der Waals surface area contributed by atoms with E-state index in [1.807, 2.05) is 0 Å². The van der Waals surface area contributed by atoms with Crippen LogP contribution in [0.3, 0.4) is 0 Å². The van der Waals surface area contributed by atoms with Crippen LogP contribution < -0.4 is 0 Å². The molecule has 0 bridgehead atoms. The number of ether oxygens (including phenoxy) is 1. The molecule has 2 aliphatic rings. The topological polar surface area (TPSA) is 97.7 Å². The van der Waals surface area contributed by atoms with Crippen LogP contribution in [0.1, 0.15) is 12.8 Å². The lowest BCUT2D eigenvalue weighted by molar-refractivity contribution is -0.153.